The lowest BCUT2D eigenvalue weighted by Gasteiger charge is -2.11. The molecule has 0 bridgehead atoms. The Morgan fingerprint density at radius 2 is 1.93 bits per heavy atom. The van der Waals surface area contributed by atoms with Crippen LogP contribution in [0.3, 0.4) is 0 Å². The zero-order chi connectivity index (χ0) is 10.9. The largest absolute Gasteiger partial charge is 0.418 e. The van der Waals surface area contributed by atoms with E-state index in [1.165, 1.54) is 6.07 Å². The number of halogens is 5. The van der Waals surface area contributed by atoms with Crippen molar-refractivity contribution >= 4 is 33.2 Å². The smallest absolute Gasteiger partial charge is 0.398 e. The molecule has 14 heavy (non-hydrogen) atoms. The molecule has 0 unspecified atom stereocenters. The molecule has 0 aromatic heterocycles. The first-order valence-corrected chi connectivity index (χ1v) is 5.07. The zero-order valence-corrected chi connectivity index (χ0v) is 9.17. The van der Waals surface area contributed by atoms with Crippen molar-refractivity contribution in [3.63, 3.8) is 0 Å². The number of nitrogen functional groups attached to an aromatic ring is 1. The number of hydrogen-bond donors (Lipinski definition) is 1. The third-order valence-corrected chi connectivity index (χ3v) is 2.62. The highest BCUT2D eigenvalue weighted by molar-refractivity contribution is 9.08. The molecule has 0 saturated heterocycles. The minimum absolute atomic E-state index is 0.0587. The molecule has 0 radical (unpaired) electrons. The summed E-state index contributed by atoms with van der Waals surface area (Å²) in [6.07, 6.45) is -4.46. The first-order chi connectivity index (χ1) is 6.36. The molecule has 78 valence electrons. The summed E-state index contributed by atoms with van der Waals surface area (Å²) >= 11 is 8.72. The van der Waals surface area contributed by atoms with Gasteiger partial charge < -0.3 is 5.73 Å². The lowest BCUT2D eigenvalue weighted by Crippen LogP contribution is -2.09. The van der Waals surface area contributed by atoms with Crippen molar-refractivity contribution in [3.8, 4) is 0 Å². The Labute approximate surface area is 92.2 Å². The molecule has 2 N–H and O–H groups in total. The van der Waals surface area contributed by atoms with Crippen LogP contribution in [0.2, 0.25) is 5.02 Å². The van der Waals surface area contributed by atoms with Gasteiger partial charge in [0.05, 0.1) is 5.56 Å². The first kappa shape index (κ1) is 11.7. The summed E-state index contributed by atoms with van der Waals surface area (Å²) in [6, 6.07) is 2.06. The van der Waals surface area contributed by atoms with E-state index in [0.717, 1.165) is 6.07 Å². The number of alkyl halides is 4. The average Bonchev–Trinajstić information content (AvgIpc) is 2.06. The van der Waals surface area contributed by atoms with Crippen molar-refractivity contribution in [2.24, 2.45) is 0 Å². The van der Waals surface area contributed by atoms with Gasteiger partial charge in [0.1, 0.15) is 0 Å². The lowest BCUT2D eigenvalue weighted by molar-refractivity contribution is -0.136. The molecule has 1 rings (SSSR count). The van der Waals surface area contributed by atoms with E-state index in [9.17, 15) is 13.2 Å². The van der Waals surface area contributed by atoms with Gasteiger partial charge in [-0.1, -0.05) is 27.5 Å². The molecule has 0 atom stereocenters. The van der Waals surface area contributed by atoms with Gasteiger partial charge in [-0.05, 0) is 17.7 Å². The van der Waals surface area contributed by atoms with E-state index in [4.69, 9.17) is 17.3 Å². The quantitative estimate of drug-likeness (QED) is 0.617. The zero-order valence-electron chi connectivity index (χ0n) is 6.83. The van der Waals surface area contributed by atoms with Gasteiger partial charge in [0.2, 0.25) is 0 Å². The van der Waals surface area contributed by atoms with Gasteiger partial charge in [0, 0.05) is 16.0 Å². The fourth-order valence-electron chi connectivity index (χ4n) is 0.985. The fourth-order valence-corrected chi connectivity index (χ4v) is 1.84. The van der Waals surface area contributed by atoms with Crippen LogP contribution in [0.5, 0.6) is 0 Å². The van der Waals surface area contributed by atoms with Crippen LogP contribution in [0.15, 0.2) is 12.1 Å². The fraction of sp³-hybridized carbons (Fsp3) is 0.250. The van der Waals surface area contributed by atoms with Crippen molar-refractivity contribution in [2.45, 2.75) is 11.5 Å². The monoisotopic (exact) mass is 287 g/mol. The number of benzene rings is 1. The second-order valence-corrected chi connectivity index (χ2v) is 3.63. The Hall–Kier alpha value is -0.420. The van der Waals surface area contributed by atoms with Crippen molar-refractivity contribution in [2.75, 3.05) is 5.73 Å². The molecule has 6 heteroatoms. The molecule has 0 saturated carbocycles. The number of rotatable bonds is 1. The molecule has 1 aromatic carbocycles. The first-order valence-electron chi connectivity index (χ1n) is 3.57. The van der Waals surface area contributed by atoms with Gasteiger partial charge in [0.25, 0.3) is 0 Å². The third kappa shape index (κ3) is 2.33. The molecule has 0 aliphatic heterocycles. The molecule has 0 heterocycles. The minimum atomic E-state index is -4.46. The molecule has 1 aromatic rings. The summed E-state index contributed by atoms with van der Waals surface area (Å²) < 4.78 is 36.9. The van der Waals surface area contributed by atoms with Gasteiger partial charge in [0.15, 0.2) is 0 Å². The van der Waals surface area contributed by atoms with Crippen molar-refractivity contribution in [1.29, 1.82) is 0 Å². The molecular formula is C8H6BrClF3N. The van der Waals surface area contributed by atoms with Crippen LogP contribution in [0.25, 0.3) is 0 Å². The SMILES string of the molecule is Nc1cc(CBr)c(Cl)cc1C(F)(F)F. The molecule has 0 amide bonds. The van der Waals surface area contributed by atoms with Gasteiger partial charge in [-0.15, -0.1) is 0 Å². The number of anilines is 1. The molecule has 0 aliphatic carbocycles. The summed E-state index contributed by atoms with van der Waals surface area (Å²) in [7, 11) is 0. The molecule has 0 aliphatic rings. The Morgan fingerprint density at radius 1 is 1.36 bits per heavy atom. The van der Waals surface area contributed by atoms with E-state index >= 15 is 0 Å². The summed E-state index contributed by atoms with van der Waals surface area (Å²) in [4.78, 5) is 0. The van der Waals surface area contributed by atoms with Gasteiger partial charge in [-0.25, -0.2) is 0 Å². The van der Waals surface area contributed by atoms with Crippen LogP contribution in [-0.4, -0.2) is 0 Å². The van der Waals surface area contributed by atoms with Crippen molar-refractivity contribution in [3.05, 3.63) is 28.3 Å². The highest BCUT2D eigenvalue weighted by atomic mass is 79.9. The van der Waals surface area contributed by atoms with Gasteiger partial charge in [-0.3, -0.25) is 0 Å². The molecule has 0 spiro atoms. The van der Waals surface area contributed by atoms with Crippen LogP contribution < -0.4 is 5.73 Å². The van der Waals surface area contributed by atoms with E-state index in [1.807, 2.05) is 0 Å². The van der Waals surface area contributed by atoms with Crippen molar-refractivity contribution < 1.29 is 13.2 Å². The van der Waals surface area contributed by atoms with Crippen LogP contribution in [-0.2, 0) is 11.5 Å². The number of nitrogens with two attached hydrogens (primary N) is 1. The van der Waals surface area contributed by atoms with E-state index in [-0.39, 0.29) is 10.7 Å². The standard InChI is InChI=1S/C8H6BrClF3N/c9-3-4-1-7(14)5(2-6(4)10)8(11,12)13/h1-2H,3,14H2. The van der Waals surface area contributed by atoms with Crippen LogP contribution >= 0.6 is 27.5 Å². The van der Waals surface area contributed by atoms with E-state index in [2.05, 4.69) is 15.9 Å². The minimum Gasteiger partial charge on any atom is -0.398 e. The highest BCUT2D eigenvalue weighted by Crippen LogP contribution is 2.36. The maximum atomic E-state index is 12.3. The third-order valence-electron chi connectivity index (χ3n) is 1.67. The van der Waals surface area contributed by atoms with Crippen LogP contribution in [0, 0.1) is 0 Å². The van der Waals surface area contributed by atoms with E-state index < -0.39 is 11.7 Å². The average molecular weight is 288 g/mol. The predicted octanol–water partition coefficient (Wildman–Crippen LogP) is 3.84. The maximum absolute atomic E-state index is 12.3. The normalized spacial score (nSPS) is 11.8. The second-order valence-electron chi connectivity index (χ2n) is 2.66. The summed E-state index contributed by atoms with van der Waals surface area (Å²) in [6.45, 7) is 0. The molecule has 0 fully saturated rings. The second kappa shape index (κ2) is 3.98. The number of hydrogen-bond acceptors (Lipinski definition) is 1. The molecular weight excluding hydrogens is 282 g/mol. The van der Waals surface area contributed by atoms with Crippen LogP contribution in [0.1, 0.15) is 11.1 Å². The van der Waals surface area contributed by atoms with Gasteiger partial charge in [-0.2, -0.15) is 13.2 Å². The summed E-state index contributed by atoms with van der Waals surface area (Å²) in [5.74, 6) is 0. The van der Waals surface area contributed by atoms with Gasteiger partial charge >= 0.3 is 6.18 Å². The maximum Gasteiger partial charge on any atom is 0.418 e. The molecule has 1 nitrogen and oxygen atoms in total. The Bertz CT molecular complexity index is 351. The topological polar surface area (TPSA) is 26.0 Å². The Balaban J connectivity index is 3.29. The van der Waals surface area contributed by atoms with E-state index in [1.54, 1.807) is 0 Å². The Morgan fingerprint density at radius 3 is 2.36 bits per heavy atom. The lowest BCUT2D eigenvalue weighted by atomic mass is 10.1. The van der Waals surface area contributed by atoms with Crippen LogP contribution in [0.4, 0.5) is 18.9 Å². The van der Waals surface area contributed by atoms with E-state index in [0.29, 0.717) is 10.9 Å². The summed E-state index contributed by atoms with van der Waals surface area (Å²) in [5.41, 5.74) is 4.59. The highest BCUT2D eigenvalue weighted by Gasteiger charge is 2.33. The summed E-state index contributed by atoms with van der Waals surface area (Å²) in [5, 5.41) is 0.428. The predicted molar refractivity (Wildman–Crippen MR) is 53.5 cm³/mol. The Kier molecular flexibility index (Phi) is 3.32. The van der Waals surface area contributed by atoms with Crippen molar-refractivity contribution in [1.82, 2.24) is 0 Å².